The van der Waals surface area contributed by atoms with Crippen molar-refractivity contribution in [2.45, 2.75) is 108 Å². The fraction of sp³-hybridized carbons (Fsp3) is 0.444. The van der Waals surface area contributed by atoms with E-state index in [1.807, 2.05) is 36.4 Å². The van der Waals surface area contributed by atoms with Crippen LogP contribution < -0.4 is 26.8 Å². The average molecular weight is 843 g/mol. The third kappa shape index (κ3) is 9.79. The Morgan fingerprint density at radius 3 is 2.47 bits per heavy atom. The van der Waals surface area contributed by atoms with Crippen LogP contribution in [0.3, 0.4) is 0 Å². The molecule has 4 amide bonds. The van der Waals surface area contributed by atoms with Gasteiger partial charge in [-0.25, -0.2) is 8.78 Å². The van der Waals surface area contributed by atoms with Gasteiger partial charge in [-0.15, -0.1) is 0 Å². The van der Waals surface area contributed by atoms with Gasteiger partial charge < -0.3 is 35.7 Å². The van der Waals surface area contributed by atoms with Gasteiger partial charge in [0.2, 0.25) is 17.7 Å². The number of anilines is 1. The number of nitrogens with two attached hydrogens (primary N) is 2. The summed E-state index contributed by atoms with van der Waals surface area (Å²) in [6.07, 6.45) is 8.61. The number of carbonyl (C=O) groups is 4. The summed E-state index contributed by atoms with van der Waals surface area (Å²) in [6.45, 7) is 1.34. The van der Waals surface area contributed by atoms with E-state index in [1.54, 1.807) is 18.2 Å². The first-order chi connectivity index (χ1) is 28.9. The molecule has 3 aromatic carbocycles. The SMILES string of the molecule is NC(=S)c1cccc(-c2cn(C3CCC(F)(F)CC3)c3c(COCCCCCCCCNC(=O)COc4cccc5c4CN(C4CCC(=O)NC4=O)C5=O)c(N)ccc23)c1. The minimum Gasteiger partial charge on any atom is -0.483 e. The molecule has 7 rings (SSSR count). The summed E-state index contributed by atoms with van der Waals surface area (Å²) < 4.78 is 42.5. The van der Waals surface area contributed by atoms with E-state index in [1.165, 1.54) is 4.90 Å². The number of nitrogens with zero attached hydrogens (tertiary/aromatic N) is 2. The van der Waals surface area contributed by atoms with Crippen molar-refractivity contribution in [1.82, 2.24) is 20.1 Å². The number of rotatable bonds is 18. The molecule has 12 nitrogen and oxygen atoms in total. The molecule has 0 spiro atoms. The maximum atomic E-state index is 14.2. The summed E-state index contributed by atoms with van der Waals surface area (Å²) in [4.78, 5) is 51.3. The number of thiocarbonyl (C=S) groups is 1. The number of imide groups is 1. The van der Waals surface area contributed by atoms with E-state index < -0.39 is 17.9 Å². The maximum Gasteiger partial charge on any atom is 0.257 e. The molecule has 60 heavy (non-hydrogen) atoms. The lowest BCUT2D eigenvalue weighted by Gasteiger charge is -2.30. The number of hydrogen-bond acceptors (Lipinski definition) is 8. The van der Waals surface area contributed by atoms with Gasteiger partial charge >= 0.3 is 0 Å². The lowest BCUT2D eigenvalue weighted by Crippen LogP contribution is -2.52. The number of piperidine rings is 1. The smallest absolute Gasteiger partial charge is 0.257 e. The van der Waals surface area contributed by atoms with Crippen LogP contribution in [-0.2, 0) is 32.3 Å². The van der Waals surface area contributed by atoms with Crippen LogP contribution in [0.4, 0.5) is 14.5 Å². The second-order valence-electron chi connectivity index (χ2n) is 16.0. The summed E-state index contributed by atoms with van der Waals surface area (Å²) in [6, 6.07) is 15.9. The second-order valence-corrected chi connectivity index (χ2v) is 16.4. The summed E-state index contributed by atoms with van der Waals surface area (Å²) in [5.74, 6) is -3.61. The largest absolute Gasteiger partial charge is 0.483 e. The third-order valence-electron chi connectivity index (χ3n) is 11.9. The molecule has 15 heteroatoms. The zero-order chi connectivity index (χ0) is 42.4. The summed E-state index contributed by atoms with van der Waals surface area (Å²) in [7, 11) is 0. The Morgan fingerprint density at radius 1 is 0.950 bits per heavy atom. The molecule has 0 bridgehead atoms. The van der Waals surface area contributed by atoms with Crippen molar-refractivity contribution < 1.29 is 37.4 Å². The van der Waals surface area contributed by atoms with Crippen molar-refractivity contribution in [2.24, 2.45) is 5.73 Å². The van der Waals surface area contributed by atoms with Gasteiger partial charge in [-0.3, -0.25) is 24.5 Å². The number of nitrogen functional groups attached to an aromatic ring is 1. The first-order valence-electron chi connectivity index (χ1n) is 20.8. The number of ether oxygens (including phenoxy) is 2. The Kier molecular flexibility index (Phi) is 13.4. The van der Waals surface area contributed by atoms with Gasteiger partial charge in [0.15, 0.2) is 6.61 Å². The van der Waals surface area contributed by atoms with Gasteiger partial charge in [0.05, 0.1) is 18.7 Å². The fourth-order valence-electron chi connectivity index (χ4n) is 8.58. The minimum absolute atomic E-state index is 0.0910. The van der Waals surface area contributed by atoms with Crippen LogP contribution in [0.2, 0.25) is 0 Å². The molecule has 1 aliphatic carbocycles. The van der Waals surface area contributed by atoms with Gasteiger partial charge in [-0.1, -0.05) is 68.2 Å². The van der Waals surface area contributed by atoms with Crippen molar-refractivity contribution in [3.05, 3.63) is 83.0 Å². The van der Waals surface area contributed by atoms with Crippen molar-refractivity contribution in [3.8, 4) is 16.9 Å². The Bertz CT molecular complexity index is 2270. The molecule has 0 radical (unpaired) electrons. The second kappa shape index (κ2) is 18.9. The lowest BCUT2D eigenvalue weighted by atomic mass is 9.92. The van der Waals surface area contributed by atoms with Crippen molar-refractivity contribution >= 4 is 57.4 Å². The number of carbonyl (C=O) groups excluding carboxylic acids is 4. The zero-order valence-corrected chi connectivity index (χ0v) is 34.4. The number of aromatic nitrogens is 1. The predicted molar refractivity (Wildman–Crippen MR) is 228 cm³/mol. The van der Waals surface area contributed by atoms with E-state index in [4.69, 9.17) is 33.2 Å². The number of nitrogens with one attached hydrogen (secondary N) is 2. The van der Waals surface area contributed by atoms with E-state index >= 15 is 0 Å². The van der Waals surface area contributed by atoms with E-state index in [-0.39, 0.29) is 62.6 Å². The van der Waals surface area contributed by atoms with Crippen LogP contribution >= 0.6 is 12.2 Å². The van der Waals surface area contributed by atoms with Crippen LogP contribution in [0, 0.1) is 0 Å². The van der Waals surface area contributed by atoms with Crippen molar-refractivity contribution in [3.63, 3.8) is 0 Å². The molecule has 1 saturated carbocycles. The van der Waals surface area contributed by atoms with Gasteiger partial charge in [0, 0.05) is 83.5 Å². The van der Waals surface area contributed by atoms with Gasteiger partial charge in [-0.05, 0) is 61.9 Å². The molecule has 1 atom stereocenters. The van der Waals surface area contributed by atoms with Crippen LogP contribution in [0.25, 0.3) is 22.0 Å². The molecule has 2 fully saturated rings. The van der Waals surface area contributed by atoms with Crippen molar-refractivity contribution in [2.75, 3.05) is 25.5 Å². The van der Waals surface area contributed by atoms with Gasteiger partial charge in [0.1, 0.15) is 16.8 Å². The first kappa shape index (κ1) is 42.7. The normalized spacial score (nSPS) is 17.8. The first-order valence-corrected chi connectivity index (χ1v) is 21.2. The number of halogens is 2. The van der Waals surface area contributed by atoms with Crippen molar-refractivity contribution in [1.29, 1.82) is 0 Å². The van der Waals surface area contributed by atoms with E-state index in [2.05, 4.69) is 21.4 Å². The van der Waals surface area contributed by atoms with E-state index in [9.17, 15) is 28.0 Å². The molecule has 3 heterocycles. The molecule has 318 valence electrons. The standard InChI is InChI=1S/C45H52F2N6O6S/c46-45(47)19-17-30(18-20-45)52-24-33(28-9-7-10-29(23-28)42(49)60)31-13-14-36(48)35(41(31)52)26-58-22-6-4-2-1-3-5-21-50-40(55)27-59-38-12-8-11-32-34(38)25-53(44(32)57)37-15-16-39(54)51-43(37)56/h7-14,23-24,30,37H,1-6,15-22,25-27,48H2,(H2,49,60)(H,50,55)(H,51,54,56). The predicted octanol–water partition coefficient (Wildman–Crippen LogP) is 7.09. The highest BCUT2D eigenvalue weighted by Gasteiger charge is 2.40. The number of hydrogen-bond donors (Lipinski definition) is 4. The number of alkyl halides is 2. The topological polar surface area (TPSA) is 171 Å². The highest BCUT2D eigenvalue weighted by Crippen LogP contribution is 2.44. The maximum absolute atomic E-state index is 14.2. The molecule has 4 aromatic rings. The molecule has 6 N–H and O–H groups in total. The molecule has 1 unspecified atom stereocenters. The van der Waals surface area contributed by atoms with E-state index in [0.717, 1.165) is 71.7 Å². The Balaban J connectivity index is 0.833. The third-order valence-corrected chi connectivity index (χ3v) is 12.1. The van der Waals surface area contributed by atoms with Crippen LogP contribution in [0.1, 0.15) is 110 Å². The van der Waals surface area contributed by atoms with Crippen LogP contribution in [-0.4, -0.2) is 69.8 Å². The van der Waals surface area contributed by atoms with E-state index in [0.29, 0.717) is 60.2 Å². The summed E-state index contributed by atoms with van der Waals surface area (Å²) >= 11 is 5.24. The number of benzene rings is 3. The van der Waals surface area contributed by atoms with Crippen LogP contribution in [0.5, 0.6) is 5.75 Å². The Labute approximate surface area is 353 Å². The monoisotopic (exact) mass is 842 g/mol. The Morgan fingerprint density at radius 2 is 1.70 bits per heavy atom. The number of amides is 4. The molecular weight excluding hydrogens is 791 g/mol. The Hall–Kier alpha value is -5.41. The summed E-state index contributed by atoms with van der Waals surface area (Å²) in [5, 5.41) is 6.17. The molecule has 1 saturated heterocycles. The number of unbranched alkanes of at least 4 members (excludes halogenated alkanes) is 5. The average Bonchev–Trinajstić information content (AvgIpc) is 3.78. The van der Waals surface area contributed by atoms with Gasteiger partial charge in [-0.2, -0.15) is 0 Å². The minimum atomic E-state index is -2.65. The van der Waals surface area contributed by atoms with Gasteiger partial charge in [0.25, 0.3) is 11.8 Å². The zero-order valence-electron chi connectivity index (χ0n) is 33.6. The molecular formula is C45H52F2N6O6S. The fourth-order valence-corrected chi connectivity index (χ4v) is 8.70. The lowest BCUT2D eigenvalue weighted by molar-refractivity contribution is -0.137. The highest BCUT2D eigenvalue weighted by molar-refractivity contribution is 7.80. The quantitative estimate of drug-likeness (QED) is 0.0354. The summed E-state index contributed by atoms with van der Waals surface area (Å²) in [5.41, 5.74) is 18.6. The molecule has 2 aliphatic heterocycles. The highest BCUT2D eigenvalue weighted by atomic mass is 32.1. The molecule has 1 aromatic heterocycles. The van der Waals surface area contributed by atoms with Crippen LogP contribution in [0.15, 0.2) is 60.8 Å². The molecule has 3 aliphatic rings. The number of fused-ring (bicyclic) bond motifs is 2.